The zero-order valence-corrected chi connectivity index (χ0v) is 42.9. The number of unbranched alkanes of at least 4 members (excludes halogenated alkanes) is 21. The molecule has 0 radical (unpaired) electrons. The average molecular weight is 917 g/mol. The maximum Gasteiger partial charge on any atom is 0.306 e. The summed E-state index contributed by atoms with van der Waals surface area (Å²) in [5.41, 5.74) is 0. The van der Waals surface area contributed by atoms with Crippen LogP contribution >= 0.6 is 0 Å². The number of allylic oxidation sites excluding steroid dienone is 16. The molecule has 1 unspecified atom stereocenters. The third-order valence-electron chi connectivity index (χ3n) is 11.3. The topological polar surface area (TPSA) is 78.9 Å². The molecule has 0 heterocycles. The molecular formula is C60H100O6. The highest BCUT2D eigenvalue weighted by atomic mass is 16.6. The largest absolute Gasteiger partial charge is 0.462 e. The van der Waals surface area contributed by atoms with Crippen LogP contribution in [0, 0.1) is 0 Å². The van der Waals surface area contributed by atoms with Gasteiger partial charge in [0.05, 0.1) is 0 Å². The highest BCUT2D eigenvalue weighted by molar-refractivity contribution is 5.71. The molecule has 0 aliphatic heterocycles. The molecule has 0 N–H and O–H groups in total. The molecule has 0 aliphatic carbocycles. The Kier molecular flexibility index (Phi) is 50.9. The molecule has 376 valence electrons. The van der Waals surface area contributed by atoms with Crippen molar-refractivity contribution in [1.29, 1.82) is 0 Å². The van der Waals surface area contributed by atoms with E-state index in [1.807, 2.05) is 0 Å². The second kappa shape index (κ2) is 53.9. The second-order valence-electron chi connectivity index (χ2n) is 17.8. The van der Waals surface area contributed by atoms with Crippen molar-refractivity contribution in [2.45, 2.75) is 252 Å². The number of hydrogen-bond acceptors (Lipinski definition) is 6. The third-order valence-corrected chi connectivity index (χ3v) is 11.3. The molecule has 0 aliphatic rings. The highest BCUT2D eigenvalue weighted by Crippen LogP contribution is 2.14. The molecule has 0 saturated carbocycles. The van der Waals surface area contributed by atoms with Gasteiger partial charge in [0.1, 0.15) is 13.2 Å². The summed E-state index contributed by atoms with van der Waals surface area (Å²) in [5, 5.41) is 0. The van der Waals surface area contributed by atoms with Crippen molar-refractivity contribution in [3.05, 3.63) is 97.2 Å². The molecule has 66 heavy (non-hydrogen) atoms. The summed E-state index contributed by atoms with van der Waals surface area (Å²) in [7, 11) is 0. The van der Waals surface area contributed by atoms with E-state index in [9.17, 15) is 14.4 Å². The molecule has 0 aromatic rings. The van der Waals surface area contributed by atoms with Crippen LogP contribution in [0.5, 0.6) is 0 Å². The van der Waals surface area contributed by atoms with Crippen molar-refractivity contribution in [2.24, 2.45) is 0 Å². The molecule has 6 nitrogen and oxygen atoms in total. The first-order valence-corrected chi connectivity index (χ1v) is 27.2. The van der Waals surface area contributed by atoms with Crippen molar-refractivity contribution in [2.75, 3.05) is 13.2 Å². The molecule has 0 aromatic heterocycles. The Morgan fingerprint density at radius 3 is 0.955 bits per heavy atom. The Bertz CT molecular complexity index is 1330. The Morgan fingerprint density at radius 1 is 0.318 bits per heavy atom. The van der Waals surface area contributed by atoms with Crippen LogP contribution in [0.1, 0.15) is 245 Å². The molecule has 0 aromatic carbocycles. The smallest absolute Gasteiger partial charge is 0.306 e. The zero-order valence-electron chi connectivity index (χ0n) is 42.9. The minimum atomic E-state index is -0.788. The van der Waals surface area contributed by atoms with Crippen LogP contribution in [0.4, 0.5) is 0 Å². The van der Waals surface area contributed by atoms with E-state index in [0.29, 0.717) is 19.3 Å². The van der Waals surface area contributed by atoms with Gasteiger partial charge in [-0.05, 0) is 103 Å². The molecule has 0 rings (SSSR count). The summed E-state index contributed by atoms with van der Waals surface area (Å²) in [4.78, 5) is 37.8. The van der Waals surface area contributed by atoms with Gasteiger partial charge in [0.25, 0.3) is 0 Å². The molecule has 0 amide bonds. The van der Waals surface area contributed by atoms with E-state index in [-0.39, 0.29) is 31.1 Å². The summed E-state index contributed by atoms with van der Waals surface area (Å²) >= 11 is 0. The van der Waals surface area contributed by atoms with E-state index >= 15 is 0 Å². The fourth-order valence-corrected chi connectivity index (χ4v) is 7.24. The van der Waals surface area contributed by atoms with Gasteiger partial charge in [-0.15, -0.1) is 0 Å². The lowest BCUT2D eigenvalue weighted by Gasteiger charge is -2.18. The minimum Gasteiger partial charge on any atom is -0.462 e. The number of carbonyl (C=O) groups is 3. The van der Waals surface area contributed by atoms with Gasteiger partial charge in [-0.1, -0.05) is 221 Å². The number of rotatable bonds is 48. The van der Waals surface area contributed by atoms with Crippen LogP contribution in [-0.2, 0) is 28.6 Å². The van der Waals surface area contributed by atoms with Crippen molar-refractivity contribution in [3.8, 4) is 0 Å². The molecule has 0 bridgehead atoms. The van der Waals surface area contributed by atoms with Crippen molar-refractivity contribution in [3.63, 3.8) is 0 Å². The lowest BCUT2D eigenvalue weighted by atomic mass is 10.1. The predicted molar refractivity (Wildman–Crippen MR) is 284 cm³/mol. The van der Waals surface area contributed by atoms with Crippen molar-refractivity contribution < 1.29 is 28.6 Å². The van der Waals surface area contributed by atoms with Crippen LogP contribution in [0.15, 0.2) is 97.2 Å². The fraction of sp³-hybridized carbons (Fsp3) is 0.683. The van der Waals surface area contributed by atoms with Crippen molar-refractivity contribution >= 4 is 17.9 Å². The van der Waals surface area contributed by atoms with E-state index in [4.69, 9.17) is 14.2 Å². The number of hydrogen-bond donors (Lipinski definition) is 0. The van der Waals surface area contributed by atoms with E-state index in [1.54, 1.807) is 0 Å². The van der Waals surface area contributed by atoms with Gasteiger partial charge in [0.15, 0.2) is 6.10 Å². The lowest BCUT2D eigenvalue weighted by Crippen LogP contribution is -2.30. The SMILES string of the molecule is CC/C=C\C/C=C\C/C=C\C/C=C\C/C=C\C/C=C\CCCCCCC(=O)OCC(COC(=O)CCCCCCCC)OC(=O)CCCCCCCCCCC/C=C\C/C=C\CCCCC. The predicted octanol–water partition coefficient (Wildman–Crippen LogP) is 18.1. The Balaban J connectivity index is 4.26. The second-order valence-corrected chi connectivity index (χ2v) is 17.8. The van der Waals surface area contributed by atoms with Gasteiger partial charge in [-0.2, -0.15) is 0 Å². The standard InChI is InChI=1S/C60H100O6/c1-4-7-10-13-16-18-20-22-24-26-28-29-30-31-33-34-36-38-40-42-44-47-50-53-59(62)65-56-57(55-64-58(61)52-49-46-15-12-9-6-3)66-60(63)54-51-48-45-43-41-39-37-35-32-27-25-23-21-19-17-14-11-8-5-2/h7,10,16-19,22-25,28-29,31,33,36,38,57H,4-6,8-9,11-15,20-21,26-27,30,32,34-35,37,39-56H2,1-3H3/b10-7-,18-16-,19-17-,24-22-,25-23-,29-28-,33-31-,38-36-. The van der Waals surface area contributed by atoms with Crippen LogP contribution < -0.4 is 0 Å². The van der Waals surface area contributed by atoms with E-state index in [0.717, 1.165) is 116 Å². The Hall–Kier alpha value is -3.67. The first-order chi connectivity index (χ1) is 32.5. The maximum atomic E-state index is 12.8. The number of esters is 3. The zero-order chi connectivity index (χ0) is 47.9. The van der Waals surface area contributed by atoms with Gasteiger partial charge in [-0.3, -0.25) is 14.4 Å². The fourth-order valence-electron chi connectivity index (χ4n) is 7.24. The summed E-state index contributed by atoms with van der Waals surface area (Å²) in [6.07, 6.45) is 71.3. The van der Waals surface area contributed by atoms with E-state index < -0.39 is 6.10 Å². The Labute approximate surface area is 407 Å². The molecular weight excluding hydrogens is 817 g/mol. The third kappa shape index (κ3) is 51.3. The first kappa shape index (κ1) is 62.3. The van der Waals surface area contributed by atoms with Gasteiger partial charge < -0.3 is 14.2 Å². The summed E-state index contributed by atoms with van der Waals surface area (Å²) in [6, 6.07) is 0. The number of carbonyl (C=O) groups excluding carboxylic acids is 3. The first-order valence-electron chi connectivity index (χ1n) is 27.2. The normalized spacial score (nSPS) is 12.8. The number of ether oxygens (including phenoxy) is 3. The molecule has 0 spiro atoms. The monoisotopic (exact) mass is 917 g/mol. The van der Waals surface area contributed by atoms with Gasteiger partial charge in [-0.25, -0.2) is 0 Å². The van der Waals surface area contributed by atoms with Crippen LogP contribution in [-0.4, -0.2) is 37.2 Å². The van der Waals surface area contributed by atoms with Crippen LogP contribution in [0.25, 0.3) is 0 Å². The van der Waals surface area contributed by atoms with Crippen molar-refractivity contribution in [1.82, 2.24) is 0 Å². The van der Waals surface area contributed by atoms with Gasteiger partial charge in [0, 0.05) is 19.3 Å². The quantitative estimate of drug-likeness (QED) is 0.0262. The summed E-state index contributed by atoms with van der Waals surface area (Å²) < 4.78 is 16.7. The summed E-state index contributed by atoms with van der Waals surface area (Å²) in [5.74, 6) is -0.929. The van der Waals surface area contributed by atoms with Crippen LogP contribution in [0.2, 0.25) is 0 Å². The average Bonchev–Trinajstić information content (AvgIpc) is 3.31. The van der Waals surface area contributed by atoms with Gasteiger partial charge in [0.2, 0.25) is 0 Å². The molecule has 0 saturated heterocycles. The minimum absolute atomic E-state index is 0.0882. The summed E-state index contributed by atoms with van der Waals surface area (Å²) in [6.45, 7) is 6.41. The van der Waals surface area contributed by atoms with Gasteiger partial charge >= 0.3 is 17.9 Å². The van der Waals surface area contributed by atoms with E-state index in [1.165, 1.54) is 89.9 Å². The lowest BCUT2D eigenvalue weighted by molar-refractivity contribution is -0.167. The maximum absolute atomic E-state index is 12.8. The Morgan fingerprint density at radius 2 is 0.591 bits per heavy atom. The molecule has 6 heteroatoms. The molecule has 0 fully saturated rings. The highest BCUT2D eigenvalue weighted by Gasteiger charge is 2.19. The van der Waals surface area contributed by atoms with E-state index in [2.05, 4.69) is 118 Å². The molecule has 1 atom stereocenters. The van der Waals surface area contributed by atoms with Crippen LogP contribution in [0.3, 0.4) is 0 Å².